The summed E-state index contributed by atoms with van der Waals surface area (Å²) >= 11 is 0. The minimum atomic E-state index is 1.08. The van der Waals surface area contributed by atoms with Crippen LogP contribution in [0.15, 0.2) is 285 Å². The Kier molecular flexibility index (Phi) is 11.0. The van der Waals surface area contributed by atoms with Crippen LogP contribution in [0.25, 0.3) is 99.4 Å². The first kappa shape index (κ1) is 41.4. The predicted octanol–water partition coefficient (Wildman–Crippen LogP) is 19.1. The van der Waals surface area contributed by atoms with Gasteiger partial charge in [0.25, 0.3) is 0 Å². The van der Waals surface area contributed by atoms with Crippen molar-refractivity contribution in [2.75, 3.05) is 4.90 Å². The molecular weight excluding hydrogens is 831 g/mol. The topological polar surface area (TPSA) is 3.24 Å². The van der Waals surface area contributed by atoms with Gasteiger partial charge in [0.05, 0.1) is 5.69 Å². The van der Waals surface area contributed by atoms with Gasteiger partial charge in [-0.3, -0.25) is 0 Å². The van der Waals surface area contributed by atoms with Crippen molar-refractivity contribution < 1.29 is 0 Å². The van der Waals surface area contributed by atoms with Crippen LogP contribution in [0.2, 0.25) is 0 Å². The zero-order valence-electron chi connectivity index (χ0n) is 38.1. The van der Waals surface area contributed by atoms with Crippen LogP contribution < -0.4 is 4.90 Å². The standard InChI is InChI=1S/C68H47N/c1-6-18-48(19-7-1)50-30-32-51(33-31-50)52-34-40-59(41-35-52)69(66-45-39-58(49-20-8-2-9-21-49)46-64(66)54-22-10-3-11-23-54)60-42-36-53(37-43-60)57-38-44-63-65(47-57)61-28-16-17-29-62(61)67(55-24-12-4-13-25-55)68(63)56-26-14-5-15-27-56/h1-47H. The highest BCUT2D eigenvalue weighted by molar-refractivity contribution is 6.22. The third-order valence-electron chi connectivity index (χ3n) is 13.5. The van der Waals surface area contributed by atoms with E-state index >= 15 is 0 Å². The Hall–Kier alpha value is -9.04. The van der Waals surface area contributed by atoms with E-state index in [4.69, 9.17) is 0 Å². The van der Waals surface area contributed by atoms with E-state index in [1.807, 2.05) is 0 Å². The Morgan fingerprint density at radius 1 is 0.188 bits per heavy atom. The van der Waals surface area contributed by atoms with Gasteiger partial charge in [0, 0.05) is 16.9 Å². The molecule has 0 aliphatic heterocycles. The molecule has 1 nitrogen and oxygen atoms in total. The summed E-state index contributed by atoms with van der Waals surface area (Å²) in [5.41, 5.74) is 20.0. The second-order valence-electron chi connectivity index (χ2n) is 17.6. The molecule has 0 bridgehead atoms. The number of hydrogen-bond donors (Lipinski definition) is 0. The largest absolute Gasteiger partial charge is 0.310 e. The second kappa shape index (κ2) is 18.3. The molecule has 0 aliphatic carbocycles. The van der Waals surface area contributed by atoms with Gasteiger partial charge in [-0.05, 0) is 136 Å². The lowest BCUT2D eigenvalue weighted by molar-refractivity contribution is 1.28. The maximum Gasteiger partial charge on any atom is 0.0540 e. The van der Waals surface area contributed by atoms with Crippen LogP contribution in [0.3, 0.4) is 0 Å². The summed E-state index contributed by atoms with van der Waals surface area (Å²) in [5.74, 6) is 0. The number of anilines is 3. The van der Waals surface area contributed by atoms with Crippen LogP contribution in [0.4, 0.5) is 17.1 Å². The zero-order valence-corrected chi connectivity index (χ0v) is 38.1. The Bertz CT molecular complexity index is 3700. The zero-order chi connectivity index (χ0) is 45.9. The fourth-order valence-corrected chi connectivity index (χ4v) is 10.1. The average Bonchev–Trinajstić information content (AvgIpc) is 3.44. The van der Waals surface area contributed by atoms with E-state index in [1.54, 1.807) is 0 Å². The Morgan fingerprint density at radius 3 is 1.00 bits per heavy atom. The van der Waals surface area contributed by atoms with Gasteiger partial charge in [0.1, 0.15) is 0 Å². The molecule has 0 fully saturated rings. The van der Waals surface area contributed by atoms with Crippen LogP contribution in [0.5, 0.6) is 0 Å². The number of hydrogen-bond acceptors (Lipinski definition) is 1. The van der Waals surface area contributed by atoms with Crippen molar-refractivity contribution in [3.05, 3.63) is 285 Å². The van der Waals surface area contributed by atoms with Crippen molar-refractivity contribution in [1.82, 2.24) is 0 Å². The maximum atomic E-state index is 2.41. The highest BCUT2D eigenvalue weighted by Gasteiger charge is 2.21. The van der Waals surface area contributed by atoms with Gasteiger partial charge in [-0.15, -0.1) is 0 Å². The van der Waals surface area contributed by atoms with Gasteiger partial charge in [-0.25, -0.2) is 0 Å². The predicted molar refractivity (Wildman–Crippen MR) is 294 cm³/mol. The molecule has 0 amide bonds. The highest BCUT2D eigenvalue weighted by Crippen LogP contribution is 2.47. The molecule has 1 heteroatoms. The minimum absolute atomic E-state index is 1.08. The van der Waals surface area contributed by atoms with Crippen LogP contribution in [0, 0.1) is 0 Å². The summed E-state index contributed by atoms with van der Waals surface area (Å²) in [5, 5.41) is 4.99. The Morgan fingerprint density at radius 2 is 0.507 bits per heavy atom. The van der Waals surface area contributed by atoms with E-state index in [0.29, 0.717) is 0 Å². The van der Waals surface area contributed by atoms with Crippen molar-refractivity contribution in [2.45, 2.75) is 0 Å². The van der Waals surface area contributed by atoms with E-state index in [0.717, 1.165) is 33.8 Å². The molecule has 0 aliphatic rings. The first-order chi connectivity index (χ1) is 34.2. The summed E-state index contributed by atoms with van der Waals surface area (Å²) in [6, 6.07) is 104. The molecule has 0 aromatic heterocycles. The van der Waals surface area contributed by atoms with Crippen molar-refractivity contribution in [1.29, 1.82) is 0 Å². The SMILES string of the molecule is c1ccc(-c2ccc(-c3ccc(N(c4ccc(-c5ccc6c(-c7ccccc7)c(-c7ccccc7)c7ccccc7c6c5)cc4)c4ccc(-c5ccccc5)cc4-c4ccccc4)cc3)cc2)cc1. The molecule has 0 atom stereocenters. The van der Waals surface area contributed by atoms with Gasteiger partial charge in [0.15, 0.2) is 0 Å². The smallest absolute Gasteiger partial charge is 0.0540 e. The molecule has 12 rings (SSSR count). The number of benzene rings is 12. The molecule has 0 saturated carbocycles. The van der Waals surface area contributed by atoms with Crippen LogP contribution in [0.1, 0.15) is 0 Å². The molecule has 0 heterocycles. The molecule has 324 valence electrons. The number of rotatable bonds is 10. The summed E-state index contributed by atoms with van der Waals surface area (Å²) in [6.07, 6.45) is 0. The van der Waals surface area contributed by atoms with Crippen molar-refractivity contribution in [3.63, 3.8) is 0 Å². The maximum absolute atomic E-state index is 2.41. The van der Waals surface area contributed by atoms with Crippen LogP contribution in [-0.2, 0) is 0 Å². The third-order valence-corrected chi connectivity index (χ3v) is 13.5. The van der Waals surface area contributed by atoms with E-state index in [9.17, 15) is 0 Å². The average molecular weight is 878 g/mol. The van der Waals surface area contributed by atoms with E-state index < -0.39 is 0 Å². The van der Waals surface area contributed by atoms with Crippen molar-refractivity contribution in [3.8, 4) is 77.9 Å². The van der Waals surface area contributed by atoms with Crippen LogP contribution in [-0.4, -0.2) is 0 Å². The van der Waals surface area contributed by atoms with Crippen LogP contribution >= 0.6 is 0 Å². The van der Waals surface area contributed by atoms with Gasteiger partial charge in [-0.1, -0.05) is 243 Å². The fraction of sp³-hybridized carbons (Fsp3) is 0. The first-order valence-corrected chi connectivity index (χ1v) is 23.7. The molecule has 0 N–H and O–H groups in total. The Balaban J connectivity index is 0.980. The first-order valence-electron chi connectivity index (χ1n) is 23.7. The molecule has 0 saturated heterocycles. The fourth-order valence-electron chi connectivity index (χ4n) is 10.1. The van der Waals surface area contributed by atoms with Gasteiger partial charge >= 0.3 is 0 Å². The number of nitrogens with zero attached hydrogens (tertiary/aromatic N) is 1. The lowest BCUT2D eigenvalue weighted by Crippen LogP contribution is -2.11. The monoisotopic (exact) mass is 877 g/mol. The molecule has 0 unspecified atom stereocenters. The summed E-state index contributed by atoms with van der Waals surface area (Å²) < 4.78 is 0. The molecular formula is C68H47N. The normalized spacial score (nSPS) is 11.2. The number of fused-ring (bicyclic) bond motifs is 3. The van der Waals surface area contributed by atoms with E-state index in [2.05, 4.69) is 290 Å². The molecule has 12 aromatic rings. The highest BCUT2D eigenvalue weighted by atomic mass is 15.1. The molecule has 0 radical (unpaired) electrons. The summed E-state index contributed by atoms with van der Waals surface area (Å²) in [4.78, 5) is 2.41. The van der Waals surface area contributed by atoms with Crippen molar-refractivity contribution >= 4 is 38.6 Å². The molecule has 0 spiro atoms. The van der Waals surface area contributed by atoms with Crippen molar-refractivity contribution in [2.24, 2.45) is 0 Å². The quantitative estimate of drug-likeness (QED) is 0.124. The summed E-state index contributed by atoms with van der Waals surface area (Å²) in [7, 11) is 0. The van der Waals surface area contributed by atoms with E-state index in [1.165, 1.54) is 82.7 Å². The second-order valence-corrected chi connectivity index (χ2v) is 17.6. The summed E-state index contributed by atoms with van der Waals surface area (Å²) in [6.45, 7) is 0. The molecule has 12 aromatic carbocycles. The molecule has 69 heavy (non-hydrogen) atoms. The third kappa shape index (κ3) is 8.07. The minimum Gasteiger partial charge on any atom is -0.310 e. The van der Waals surface area contributed by atoms with Gasteiger partial charge < -0.3 is 4.90 Å². The lowest BCUT2D eigenvalue weighted by atomic mass is 9.84. The van der Waals surface area contributed by atoms with E-state index in [-0.39, 0.29) is 0 Å². The van der Waals surface area contributed by atoms with Gasteiger partial charge in [-0.2, -0.15) is 0 Å². The lowest BCUT2D eigenvalue weighted by Gasteiger charge is -2.29. The Labute approximate surface area is 404 Å². The van der Waals surface area contributed by atoms with Gasteiger partial charge in [0.2, 0.25) is 0 Å².